The van der Waals surface area contributed by atoms with Crippen molar-refractivity contribution in [2.45, 2.75) is 13.0 Å². The first-order chi connectivity index (χ1) is 9.95. The van der Waals surface area contributed by atoms with E-state index in [2.05, 4.69) is 59.8 Å². The Morgan fingerprint density at radius 1 is 1.19 bits per heavy atom. The van der Waals surface area contributed by atoms with Gasteiger partial charge in [0.05, 0.1) is 11.1 Å². The van der Waals surface area contributed by atoms with Crippen molar-refractivity contribution >= 4 is 66.1 Å². The Bertz CT molecular complexity index is 666. The predicted molar refractivity (Wildman–Crippen MR) is 101 cm³/mol. The van der Waals surface area contributed by atoms with E-state index in [1.54, 1.807) is 12.1 Å². The Morgan fingerprint density at radius 3 is 2.52 bits per heavy atom. The number of nitrogens with one attached hydrogen (secondary N) is 1. The molecule has 0 amide bonds. The van der Waals surface area contributed by atoms with Gasteiger partial charge < -0.3 is 5.32 Å². The molecule has 0 heterocycles. The predicted octanol–water partition coefficient (Wildman–Crippen LogP) is 6.31. The van der Waals surface area contributed by atoms with E-state index in [9.17, 15) is 4.39 Å². The lowest BCUT2D eigenvalue weighted by molar-refractivity contribution is 0.557. The molecule has 0 radical (unpaired) electrons. The Balaban J connectivity index is 2.59. The fraction of sp³-hybridized carbons (Fsp3) is 0.200. The van der Waals surface area contributed by atoms with Crippen LogP contribution in [0.25, 0.3) is 0 Å². The molecule has 0 aliphatic carbocycles. The third-order valence-electron chi connectivity index (χ3n) is 3.05. The minimum Gasteiger partial charge on any atom is -0.306 e. The zero-order valence-corrected chi connectivity index (χ0v) is 17.1. The number of rotatable bonds is 4. The third-order valence-corrected chi connectivity index (χ3v) is 5.71. The molecular weight excluding hydrogens is 535 g/mol. The molecule has 0 aliphatic rings. The fourth-order valence-corrected chi connectivity index (χ4v) is 3.56. The maximum atomic E-state index is 14.5. The molecule has 1 atom stereocenters. The van der Waals surface area contributed by atoms with E-state index in [0.717, 1.165) is 20.2 Å². The van der Waals surface area contributed by atoms with Crippen LogP contribution in [0.1, 0.15) is 24.1 Å². The Labute approximate surface area is 159 Å². The summed E-state index contributed by atoms with van der Waals surface area (Å²) < 4.78 is 17.1. The van der Waals surface area contributed by atoms with E-state index in [1.165, 1.54) is 0 Å². The van der Waals surface area contributed by atoms with E-state index in [1.807, 2.05) is 25.1 Å². The first-order valence-corrected chi connectivity index (χ1v) is 9.31. The molecule has 1 nitrogen and oxygen atoms in total. The summed E-state index contributed by atoms with van der Waals surface area (Å²) >= 11 is 15.1. The van der Waals surface area contributed by atoms with Crippen LogP contribution >= 0.6 is 66.1 Å². The number of hydrogen-bond donors (Lipinski definition) is 1. The zero-order valence-electron chi connectivity index (χ0n) is 11.1. The monoisotopic (exact) mass is 545 g/mol. The second-order valence-corrected chi connectivity index (χ2v) is 7.75. The molecular formula is C15H12Br2ClFIN. The second kappa shape index (κ2) is 7.73. The minimum absolute atomic E-state index is 0.108. The van der Waals surface area contributed by atoms with E-state index in [0.29, 0.717) is 10.0 Å². The summed E-state index contributed by atoms with van der Waals surface area (Å²) in [6.45, 7) is 2.71. The lowest BCUT2D eigenvalue weighted by atomic mass is 9.98. The van der Waals surface area contributed by atoms with Gasteiger partial charge in [-0.2, -0.15) is 0 Å². The van der Waals surface area contributed by atoms with Crippen molar-refractivity contribution in [2.24, 2.45) is 0 Å². The quantitative estimate of drug-likeness (QED) is 0.350. The van der Waals surface area contributed by atoms with Crippen molar-refractivity contribution in [3.05, 3.63) is 64.8 Å². The maximum Gasteiger partial charge on any atom is 0.148 e. The van der Waals surface area contributed by atoms with E-state index in [4.69, 9.17) is 11.6 Å². The van der Waals surface area contributed by atoms with E-state index < -0.39 is 5.82 Å². The molecule has 1 N–H and O–H groups in total. The average molecular weight is 547 g/mol. The summed E-state index contributed by atoms with van der Waals surface area (Å²) in [6, 6.07) is 9.28. The van der Waals surface area contributed by atoms with Gasteiger partial charge in [-0.15, -0.1) is 0 Å². The highest BCUT2D eigenvalue weighted by atomic mass is 127. The molecule has 1 unspecified atom stereocenters. The lowest BCUT2D eigenvalue weighted by Crippen LogP contribution is -2.23. The van der Waals surface area contributed by atoms with Crippen LogP contribution < -0.4 is 5.32 Å². The van der Waals surface area contributed by atoms with Gasteiger partial charge in [0.15, 0.2) is 0 Å². The van der Waals surface area contributed by atoms with Crippen molar-refractivity contribution in [3.8, 4) is 0 Å². The highest BCUT2D eigenvalue weighted by Gasteiger charge is 2.22. The van der Waals surface area contributed by atoms with Crippen LogP contribution in [0.3, 0.4) is 0 Å². The minimum atomic E-state index is -0.400. The second-order valence-electron chi connectivity index (χ2n) is 4.42. The van der Waals surface area contributed by atoms with Gasteiger partial charge in [0.25, 0.3) is 0 Å². The highest BCUT2D eigenvalue weighted by molar-refractivity contribution is 14.1. The van der Waals surface area contributed by atoms with Crippen LogP contribution in [0, 0.1) is 9.39 Å². The van der Waals surface area contributed by atoms with Crippen LogP contribution in [0.5, 0.6) is 0 Å². The van der Waals surface area contributed by atoms with Gasteiger partial charge in [0.2, 0.25) is 0 Å². The SMILES string of the molecule is CCNC(c1cc(I)ccc1Br)c1ccc(Br)c(Cl)c1F. The molecule has 0 aromatic heterocycles. The van der Waals surface area contributed by atoms with Crippen LogP contribution in [0.4, 0.5) is 4.39 Å². The Hall–Kier alpha value is 0.310. The molecule has 0 fully saturated rings. The van der Waals surface area contributed by atoms with Gasteiger partial charge in [-0.05, 0) is 74.9 Å². The molecule has 0 saturated carbocycles. The summed E-state index contributed by atoms with van der Waals surface area (Å²) in [5.74, 6) is -0.400. The average Bonchev–Trinajstić information content (AvgIpc) is 2.46. The lowest BCUT2D eigenvalue weighted by Gasteiger charge is -2.22. The van der Waals surface area contributed by atoms with Crippen molar-refractivity contribution in [1.29, 1.82) is 0 Å². The van der Waals surface area contributed by atoms with Gasteiger partial charge in [0, 0.05) is 18.1 Å². The smallest absolute Gasteiger partial charge is 0.148 e. The van der Waals surface area contributed by atoms with Gasteiger partial charge in [-0.3, -0.25) is 0 Å². The zero-order chi connectivity index (χ0) is 15.6. The topological polar surface area (TPSA) is 12.0 Å². The largest absolute Gasteiger partial charge is 0.306 e. The van der Waals surface area contributed by atoms with E-state index >= 15 is 0 Å². The molecule has 21 heavy (non-hydrogen) atoms. The molecule has 0 bridgehead atoms. The summed E-state index contributed by atoms with van der Waals surface area (Å²) in [4.78, 5) is 0. The van der Waals surface area contributed by atoms with Crippen molar-refractivity contribution in [2.75, 3.05) is 6.54 Å². The molecule has 0 saturated heterocycles. The molecule has 2 aromatic rings. The molecule has 2 rings (SSSR count). The molecule has 6 heteroatoms. The van der Waals surface area contributed by atoms with Gasteiger partial charge in [-0.25, -0.2) is 4.39 Å². The summed E-state index contributed by atoms with van der Waals surface area (Å²) in [5, 5.41) is 3.43. The molecule has 112 valence electrons. The third kappa shape index (κ3) is 3.99. The van der Waals surface area contributed by atoms with Crippen molar-refractivity contribution < 1.29 is 4.39 Å². The fourth-order valence-electron chi connectivity index (χ4n) is 2.09. The molecule has 0 aliphatic heterocycles. The summed E-state index contributed by atoms with van der Waals surface area (Å²) in [7, 11) is 0. The maximum absolute atomic E-state index is 14.5. The summed E-state index contributed by atoms with van der Waals surface area (Å²) in [5.41, 5.74) is 1.52. The molecule has 0 spiro atoms. The Morgan fingerprint density at radius 2 is 1.86 bits per heavy atom. The number of halogens is 5. The van der Waals surface area contributed by atoms with Crippen LogP contribution in [0.2, 0.25) is 5.02 Å². The van der Waals surface area contributed by atoms with Crippen molar-refractivity contribution in [1.82, 2.24) is 5.32 Å². The summed E-state index contributed by atoms with van der Waals surface area (Å²) in [6.07, 6.45) is 0. The highest BCUT2D eigenvalue weighted by Crippen LogP contribution is 2.35. The number of benzene rings is 2. The number of hydrogen-bond acceptors (Lipinski definition) is 1. The first-order valence-electron chi connectivity index (χ1n) is 6.27. The Kier molecular flexibility index (Phi) is 6.50. The van der Waals surface area contributed by atoms with Gasteiger partial charge in [-0.1, -0.05) is 40.5 Å². The van der Waals surface area contributed by atoms with Crippen LogP contribution in [-0.2, 0) is 0 Å². The standard InChI is InChI=1S/C15H12Br2ClFIN/c1-2-21-15(10-7-8(20)3-5-11(10)16)9-4-6-12(17)13(18)14(9)19/h3-7,15,21H,2H2,1H3. The molecule has 2 aromatic carbocycles. The normalized spacial score (nSPS) is 12.5. The first kappa shape index (κ1) is 17.7. The van der Waals surface area contributed by atoms with Gasteiger partial charge >= 0.3 is 0 Å². The van der Waals surface area contributed by atoms with Gasteiger partial charge in [0.1, 0.15) is 5.82 Å². The van der Waals surface area contributed by atoms with E-state index in [-0.39, 0.29) is 11.1 Å². The van der Waals surface area contributed by atoms with Crippen LogP contribution in [-0.4, -0.2) is 6.54 Å². The van der Waals surface area contributed by atoms with Crippen molar-refractivity contribution in [3.63, 3.8) is 0 Å². The van der Waals surface area contributed by atoms with Crippen LogP contribution in [0.15, 0.2) is 39.3 Å².